The fourth-order valence-corrected chi connectivity index (χ4v) is 2.13. The van der Waals surface area contributed by atoms with Crippen LogP contribution in [0.25, 0.3) is 0 Å². The van der Waals surface area contributed by atoms with Crippen LogP contribution >= 0.6 is 11.6 Å². The van der Waals surface area contributed by atoms with E-state index in [1.54, 1.807) is 6.07 Å². The van der Waals surface area contributed by atoms with Crippen molar-refractivity contribution in [3.63, 3.8) is 0 Å². The minimum Gasteiger partial charge on any atom is -0.334 e. The number of carbonyl (C=O) groups is 1. The number of carbonyl (C=O) groups excluding carboxylic acids is 1. The van der Waals surface area contributed by atoms with Gasteiger partial charge in [-0.3, -0.25) is 0 Å². The second kappa shape index (κ2) is 7.11. The van der Waals surface area contributed by atoms with Gasteiger partial charge in [0.15, 0.2) is 0 Å². The molecule has 0 radical (unpaired) electrons. The van der Waals surface area contributed by atoms with Crippen molar-refractivity contribution >= 4 is 23.3 Å². The van der Waals surface area contributed by atoms with E-state index in [4.69, 9.17) is 17.3 Å². The number of urea groups is 1. The Balaban J connectivity index is 1.94. The molecule has 110 valence electrons. The number of aryl methyl sites for hydroxylation is 1. The first kappa shape index (κ1) is 15.4. The van der Waals surface area contributed by atoms with E-state index in [2.05, 4.69) is 10.6 Å². The molecular weight excluding hydrogens is 286 g/mol. The van der Waals surface area contributed by atoms with Gasteiger partial charge in [0.1, 0.15) is 0 Å². The van der Waals surface area contributed by atoms with Crippen LogP contribution in [0, 0.1) is 6.92 Å². The molecule has 0 aliphatic heterocycles. The average Bonchev–Trinajstić information content (AvgIpc) is 2.49. The monoisotopic (exact) mass is 303 g/mol. The van der Waals surface area contributed by atoms with Gasteiger partial charge < -0.3 is 16.4 Å². The minimum atomic E-state index is -0.276. The summed E-state index contributed by atoms with van der Waals surface area (Å²) in [5.41, 5.74) is 9.34. The first-order valence-electron chi connectivity index (χ1n) is 6.68. The van der Waals surface area contributed by atoms with Gasteiger partial charge in [-0.15, -0.1) is 0 Å². The number of halogens is 1. The van der Waals surface area contributed by atoms with E-state index in [0.29, 0.717) is 23.8 Å². The van der Waals surface area contributed by atoms with Crippen molar-refractivity contribution in [3.05, 3.63) is 64.2 Å². The number of hydrogen-bond acceptors (Lipinski definition) is 2. The Kier molecular flexibility index (Phi) is 5.20. The standard InChI is InChI=1S/C16H18ClN3O/c1-11-6-7-14(8-15(11)17)20-16(21)19-10-13-5-3-2-4-12(13)9-18/h2-8H,9-10,18H2,1H3,(H2,19,20,21). The lowest BCUT2D eigenvalue weighted by atomic mass is 10.1. The van der Waals surface area contributed by atoms with E-state index in [-0.39, 0.29) is 6.03 Å². The average molecular weight is 304 g/mol. The molecule has 0 bridgehead atoms. The first-order chi connectivity index (χ1) is 10.1. The Morgan fingerprint density at radius 3 is 2.57 bits per heavy atom. The third-order valence-electron chi connectivity index (χ3n) is 3.21. The maximum Gasteiger partial charge on any atom is 0.319 e. The highest BCUT2D eigenvalue weighted by molar-refractivity contribution is 6.31. The van der Waals surface area contributed by atoms with Crippen molar-refractivity contribution in [2.24, 2.45) is 5.73 Å². The van der Waals surface area contributed by atoms with Gasteiger partial charge >= 0.3 is 6.03 Å². The molecule has 0 heterocycles. The lowest BCUT2D eigenvalue weighted by Gasteiger charge is -2.11. The second-order valence-electron chi connectivity index (χ2n) is 4.74. The van der Waals surface area contributed by atoms with Gasteiger partial charge in [0.05, 0.1) is 0 Å². The van der Waals surface area contributed by atoms with Crippen LogP contribution in [0.2, 0.25) is 5.02 Å². The number of hydrogen-bond donors (Lipinski definition) is 3. The minimum absolute atomic E-state index is 0.276. The summed E-state index contributed by atoms with van der Waals surface area (Å²) >= 11 is 6.02. The Hall–Kier alpha value is -2.04. The molecule has 0 saturated carbocycles. The molecule has 0 unspecified atom stereocenters. The zero-order valence-corrected chi connectivity index (χ0v) is 12.6. The predicted octanol–water partition coefficient (Wildman–Crippen LogP) is 3.43. The molecule has 2 aromatic carbocycles. The van der Waals surface area contributed by atoms with Gasteiger partial charge in [-0.25, -0.2) is 4.79 Å². The first-order valence-corrected chi connectivity index (χ1v) is 7.06. The van der Waals surface area contributed by atoms with E-state index >= 15 is 0 Å². The van der Waals surface area contributed by atoms with Crippen LogP contribution in [0.15, 0.2) is 42.5 Å². The van der Waals surface area contributed by atoms with Crippen LogP contribution in [0.4, 0.5) is 10.5 Å². The third kappa shape index (κ3) is 4.21. The van der Waals surface area contributed by atoms with Gasteiger partial charge in [-0.1, -0.05) is 41.9 Å². The van der Waals surface area contributed by atoms with Crippen molar-refractivity contribution in [3.8, 4) is 0 Å². The zero-order chi connectivity index (χ0) is 15.2. The van der Waals surface area contributed by atoms with Gasteiger partial charge in [0, 0.05) is 23.8 Å². The molecule has 0 fully saturated rings. The normalized spacial score (nSPS) is 10.2. The lowest BCUT2D eigenvalue weighted by molar-refractivity contribution is 0.251. The highest BCUT2D eigenvalue weighted by Gasteiger charge is 2.05. The summed E-state index contributed by atoms with van der Waals surface area (Å²) in [6.07, 6.45) is 0. The smallest absolute Gasteiger partial charge is 0.319 e. The predicted molar refractivity (Wildman–Crippen MR) is 86.4 cm³/mol. The van der Waals surface area contributed by atoms with E-state index in [1.165, 1.54) is 0 Å². The van der Waals surface area contributed by atoms with Crippen LogP contribution in [-0.2, 0) is 13.1 Å². The highest BCUT2D eigenvalue weighted by atomic mass is 35.5. The molecule has 4 nitrogen and oxygen atoms in total. The SMILES string of the molecule is Cc1ccc(NC(=O)NCc2ccccc2CN)cc1Cl. The van der Waals surface area contributed by atoms with E-state index in [9.17, 15) is 4.79 Å². The summed E-state index contributed by atoms with van der Waals surface area (Å²) in [4.78, 5) is 11.9. The topological polar surface area (TPSA) is 67.2 Å². The molecule has 5 heteroatoms. The number of anilines is 1. The van der Waals surface area contributed by atoms with Crippen molar-refractivity contribution < 1.29 is 4.79 Å². The summed E-state index contributed by atoms with van der Waals surface area (Å²) in [6, 6.07) is 12.9. The van der Waals surface area contributed by atoms with Crippen molar-refractivity contribution in [1.29, 1.82) is 0 Å². The summed E-state index contributed by atoms with van der Waals surface area (Å²) in [6.45, 7) is 2.79. The third-order valence-corrected chi connectivity index (χ3v) is 3.61. The van der Waals surface area contributed by atoms with Crippen LogP contribution in [0.5, 0.6) is 0 Å². The van der Waals surface area contributed by atoms with Crippen LogP contribution in [0.3, 0.4) is 0 Å². The molecule has 21 heavy (non-hydrogen) atoms. The van der Waals surface area contributed by atoms with Gasteiger partial charge in [0.2, 0.25) is 0 Å². The Bertz CT molecular complexity index is 643. The number of nitrogens with two attached hydrogens (primary N) is 1. The molecule has 2 amide bonds. The van der Waals surface area contributed by atoms with Gasteiger partial charge in [0.25, 0.3) is 0 Å². The van der Waals surface area contributed by atoms with Crippen LogP contribution < -0.4 is 16.4 Å². The van der Waals surface area contributed by atoms with Gasteiger partial charge in [-0.2, -0.15) is 0 Å². The van der Waals surface area contributed by atoms with E-state index in [0.717, 1.165) is 16.7 Å². The van der Waals surface area contributed by atoms with Crippen LogP contribution in [0.1, 0.15) is 16.7 Å². The van der Waals surface area contributed by atoms with Crippen LogP contribution in [-0.4, -0.2) is 6.03 Å². The van der Waals surface area contributed by atoms with Crippen molar-refractivity contribution in [1.82, 2.24) is 5.32 Å². The largest absolute Gasteiger partial charge is 0.334 e. The summed E-state index contributed by atoms with van der Waals surface area (Å²) < 4.78 is 0. The number of amides is 2. The molecule has 2 rings (SSSR count). The second-order valence-corrected chi connectivity index (χ2v) is 5.15. The maximum atomic E-state index is 11.9. The molecule has 0 spiro atoms. The maximum absolute atomic E-state index is 11.9. The fourth-order valence-electron chi connectivity index (χ4n) is 1.95. The summed E-state index contributed by atoms with van der Waals surface area (Å²) in [5, 5.41) is 6.19. The molecule has 4 N–H and O–H groups in total. The number of benzene rings is 2. The zero-order valence-electron chi connectivity index (χ0n) is 11.8. The molecule has 0 atom stereocenters. The lowest BCUT2D eigenvalue weighted by Crippen LogP contribution is -2.28. The van der Waals surface area contributed by atoms with Crippen molar-refractivity contribution in [2.75, 3.05) is 5.32 Å². The molecular formula is C16H18ClN3O. The summed E-state index contributed by atoms with van der Waals surface area (Å²) in [5.74, 6) is 0. The molecule has 2 aromatic rings. The van der Waals surface area contributed by atoms with E-state index < -0.39 is 0 Å². The Labute approximate surface area is 129 Å². The van der Waals surface area contributed by atoms with Gasteiger partial charge in [-0.05, 0) is 35.7 Å². The van der Waals surface area contributed by atoms with Crippen molar-refractivity contribution in [2.45, 2.75) is 20.0 Å². The number of rotatable bonds is 4. The number of nitrogens with one attached hydrogen (secondary N) is 2. The molecule has 0 aliphatic rings. The Morgan fingerprint density at radius 1 is 1.19 bits per heavy atom. The van der Waals surface area contributed by atoms with E-state index in [1.807, 2.05) is 43.3 Å². The fraction of sp³-hybridized carbons (Fsp3) is 0.188. The highest BCUT2D eigenvalue weighted by Crippen LogP contribution is 2.19. The quantitative estimate of drug-likeness (QED) is 0.810. The molecule has 0 aromatic heterocycles. The summed E-state index contributed by atoms with van der Waals surface area (Å²) in [7, 11) is 0. The molecule has 0 aliphatic carbocycles. The molecule has 0 saturated heterocycles. The Morgan fingerprint density at radius 2 is 1.90 bits per heavy atom.